The highest BCUT2D eigenvalue weighted by Gasteiger charge is 2.50. The molecular formula is C26H25NO5. The molecule has 0 radical (unpaired) electrons. The third-order valence-electron chi connectivity index (χ3n) is 6.26. The molecule has 2 aromatic rings. The molecule has 2 amide bonds. The Kier molecular flexibility index (Phi) is 5.78. The van der Waals surface area contributed by atoms with Gasteiger partial charge in [-0.2, -0.15) is 0 Å². The zero-order valence-electron chi connectivity index (χ0n) is 18.3. The van der Waals surface area contributed by atoms with E-state index in [-0.39, 0.29) is 47.5 Å². The van der Waals surface area contributed by atoms with Crippen molar-refractivity contribution < 1.29 is 23.9 Å². The molecule has 4 rings (SSSR count). The number of carbonyl (C=O) groups excluding carboxylic acids is 4. The molecular weight excluding hydrogens is 406 g/mol. The number of esters is 1. The van der Waals surface area contributed by atoms with Crippen LogP contribution in [0.25, 0.3) is 0 Å². The van der Waals surface area contributed by atoms with Gasteiger partial charge in [-0.25, -0.2) is 4.79 Å². The average Bonchev–Trinajstić information content (AvgIpc) is 3.04. The number of ketones is 1. The monoisotopic (exact) mass is 431 g/mol. The van der Waals surface area contributed by atoms with Crippen LogP contribution in [0.1, 0.15) is 45.2 Å². The lowest BCUT2D eigenvalue weighted by molar-refractivity contribution is -0.122. The number of aryl methyl sites for hydroxylation is 2. The number of carbonyl (C=O) groups is 4. The van der Waals surface area contributed by atoms with Crippen LogP contribution in [-0.4, -0.2) is 30.2 Å². The summed E-state index contributed by atoms with van der Waals surface area (Å²) in [7, 11) is 0. The number of ether oxygens (including phenoxy) is 1. The highest BCUT2D eigenvalue weighted by Crippen LogP contribution is 2.40. The van der Waals surface area contributed by atoms with Crippen molar-refractivity contribution in [3.63, 3.8) is 0 Å². The maximum absolute atomic E-state index is 12.9. The summed E-state index contributed by atoms with van der Waals surface area (Å²) in [6, 6.07) is 11.7. The van der Waals surface area contributed by atoms with E-state index in [2.05, 4.69) is 0 Å². The van der Waals surface area contributed by atoms with Gasteiger partial charge in [-0.15, -0.1) is 0 Å². The van der Waals surface area contributed by atoms with Gasteiger partial charge in [-0.1, -0.05) is 36.8 Å². The van der Waals surface area contributed by atoms with Crippen molar-refractivity contribution in [3.05, 3.63) is 76.9 Å². The van der Waals surface area contributed by atoms with Gasteiger partial charge < -0.3 is 4.74 Å². The van der Waals surface area contributed by atoms with Gasteiger partial charge in [0.1, 0.15) is 0 Å². The zero-order chi connectivity index (χ0) is 23.0. The maximum atomic E-state index is 12.9. The lowest BCUT2D eigenvalue weighted by Crippen LogP contribution is -2.31. The summed E-state index contributed by atoms with van der Waals surface area (Å²) in [5, 5.41) is 0. The molecule has 6 nitrogen and oxygen atoms in total. The predicted molar refractivity (Wildman–Crippen MR) is 119 cm³/mol. The first-order chi connectivity index (χ1) is 15.3. The number of fused-ring (bicyclic) bond motifs is 1. The van der Waals surface area contributed by atoms with Gasteiger partial charge >= 0.3 is 5.97 Å². The molecule has 1 saturated heterocycles. The number of allylic oxidation sites excluding steroid dienone is 2. The highest BCUT2D eigenvalue weighted by atomic mass is 16.5. The van der Waals surface area contributed by atoms with Gasteiger partial charge in [0.05, 0.1) is 23.1 Å². The van der Waals surface area contributed by atoms with E-state index in [1.807, 2.05) is 45.1 Å². The van der Waals surface area contributed by atoms with Crippen LogP contribution in [0.3, 0.4) is 0 Å². The largest absolute Gasteiger partial charge is 0.454 e. The Balaban J connectivity index is 1.43. The first-order valence-corrected chi connectivity index (χ1v) is 10.7. The predicted octanol–water partition coefficient (Wildman–Crippen LogP) is 4.04. The molecule has 32 heavy (non-hydrogen) atoms. The third kappa shape index (κ3) is 3.88. The summed E-state index contributed by atoms with van der Waals surface area (Å²) in [5.74, 6) is -1.97. The van der Waals surface area contributed by atoms with Crippen LogP contribution in [-0.2, 0) is 14.3 Å². The molecule has 1 aliphatic carbocycles. The Morgan fingerprint density at radius 3 is 2.44 bits per heavy atom. The Hall–Kier alpha value is -3.54. The summed E-state index contributed by atoms with van der Waals surface area (Å²) >= 11 is 0. The Labute approximate surface area is 186 Å². The Bertz CT molecular complexity index is 1130. The van der Waals surface area contributed by atoms with Crippen molar-refractivity contribution in [3.8, 4) is 0 Å². The smallest absolute Gasteiger partial charge is 0.338 e. The van der Waals surface area contributed by atoms with E-state index in [1.165, 1.54) is 17.0 Å². The van der Waals surface area contributed by atoms with Crippen LogP contribution in [0.2, 0.25) is 0 Å². The molecule has 0 aromatic heterocycles. The van der Waals surface area contributed by atoms with E-state index in [4.69, 9.17) is 4.74 Å². The van der Waals surface area contributed by atoms with Crippen molar-refractivity contribution in [2.75, 3.05) is 11.5 Å². The molecule has 1 aliphatic heterocycles. The first-order valence-electron chi connectivity index (χ1n) is 10.7. The summed E-state index contributed by atoms with van der Waals surface area (Å²) in [6.07, 6.45) is 4.50. The molecule has 3 unspecified atom stereocenters. The molecule has 6 heteroatoms. The molecule has 0 bridgehead atoms. The molecule has 2 aromatic carbocycles. The van der Waals surface area contributed by atoms with E-state index < -0.39 is 5.97 Å². The number of hydrogen-bond acceptors (Lipinski definition) is 5. The number of benzene rings is 2. The minimum Gasteiger partial charge on any atom is -0.454 e. The number of rotatable bonds is 5. The van der Waals surface area contributed by atoms with E-state index in [1.54, 1.807) is 18.2 Å². The van der Waals surface area contributed by atoms with Crippen LogP contribution in [0, 0.1) is 31.6 Å². The van der Waals surface area contributed by atoms with Crippen LogP contribution in [0.5, 0.6) is 0 Å². The molecule has 2 aliphatic rings. The van der Waals surface area contributed by atoms with Gasteiger partial charge in [-0.3, -0.25) is 19.3 Å². The van der Waals surface area contributed by atoms with Crippen molar-refractivity contribution in [2.24, 2.45) is 17.8 Å². The van der Waals surface area contributed by atoms with Crippen LogP contribution >= 0.6 is 0 Å². The lowest BCUT2D eigenvalue weighted by atomic mass is 9.78. The fraction of sp³-hybridized carbons (Fsp3) is 0.308. The SMILES string of the molecule is Cc1ccc(C)c(C(=O)COC(=O)c2ccc(N3C(=O)C4CC=CC(C)C4C3=O)cc2)c1. The lowest BCUT2D eigenvalue weighted by Gasteiger charge is -2.22. The second-order valence-electron chi connectivity index (χ2n) is 8.53. The summed E-state index contributed by atoms with van der Waals surface area (Å²) < 4.78 is 5.19. The van der Waals surface area contributed by atoms with E-state index >= 15 is 0 Å². The minimum atomic E-state index is -0.638. The number of Topliss-reactive ketones (excluding diaryl/α,β-unsaturated/α-hetero) is 1. The highest BCUT2D eigenvalue weighted by molar-refractivity contribution is 6.22. The van der Waals surface area contributed by atoms with E-state index in [0.717, 1.165) is 11.1 Å². The standard InChI is InChI=1S/C26H25NO5/c1-15-7-8-16(2)21(13-15)22(28)14-32-26(31)18-9-11-19(12-10-18)27-24(29)20-6-4-5-17(3)23(20)25(27)30/h4-5,7-13,17,20,23H,6,14H2,1-3H3. The first kappa shape index (κ1) is 21.7. The van der Waals surface area contributed by atoms with Crippen molar-refractivity contribution in [1.82, 2.24) is 0 Å². The summed E-state index contributed by atoms with van der Waals surface area (Å²) in [6.45, 7) is 5.32. The van der Waals surface area contributed by atoms with Gasteiger partial charge in [0.2, 0.25) is 17.6 Å². The molecule has 1 fully saturated rings. The van der Waals surface area contributed by atoms with Gasteiger partial charge in [-0.05, 0) is 62.1 Å². The molecule has 0 N–H and O–H groups in total. The Morgan fingerprint density at radius 2 is 1.75 bits per heavy atom. The van der Waals surface area contributed by atoms with Gasteiger partial charge in [0.25, 0.3) is 0 Å². The quantitative estimate of drug-likeness (QED) is 0.309. The normalized spacial score (nSPS) is 22.1. The molecule has 0 saturated carbocycles. The second kappa shape index (κ2) is 8.54. The summed E-state index contributed by atoms with van der Waals surface area (Å²) in [4.78, 5) is 51.8. The van der Waals surface area contributed by atoms with Crippen molar-refractivity contribution in [2.45, 2.75) is 27.2 Å². The van der Waals surface area contributed by atoms with E-state index in [9.17, 15) is 19.2 Å². The van der Waals surface area contributed by atoms with Crippen LogP contribution in [0.15, 0.2) is 54.6 Å². The number of imide groups is 1. The maximum Gasteiger partial charge on any atom is 0.338 e. The number of amides is 2. The fourth-order valence-electron chi connectivity index (χ4n) is 4.48. The van der Waals surface area contributed by atoms with E-state index in [0.29, 0.717) is 17.7 Å². The van der Waals surface area contributed by atoms with Gasteiger partial charge in [0.15, 0.2) is 6.61 Å². The fourth-order valence-corrected chi connectivity index (χ4v) is 4.48. The molecule has 164 valence electrons. The second-order valence-corrected chi connectivity index (χ2v) is 8.53. The average molecular weight is 431 g/mol. The van der Waals surface area contributed by atoms with Crippen LogP contribution in [0.4, 0.5) is 5.69 Å². The molecule has 3 atom stereocenters. The minimum absolute atomic E-state index is 0.0130. The summed E-state index contributed by atoms with van der Waals surface area (Å²) in [5.41, 5.74) is 2.99. The van der Waals surface area contributed by atoms with Crippen molar-refractivity contribution >= 4 is 29.3 Å². The zero-order valence-corrected chi connectivity index (χ0v) is 18.3. The van der Waals surface area contributed by atoms with Crippen molar-refractivity contribution in [1.29, 1.82) is 0 Å². The molecule has 1 heterocycles. The van der Waals surface area contributed by atoms with Crippen LogP contribution < -0.4 is 4.90 Å². The Morgan fingerprint density at radius 1 is 1.03 bits per heavy atom. The third-order valence-corrected chi connectivity index (χ3v) is 6.26. The number of nitrogens with zero attached hydrogens (tertiary/aromatic N) is 1. The number of hydrogen-bond donors (Lipinski definition) is 0. The topological polar surface area (TPSA) is 80.8 Å². The van der Waals surface area contributed by atoms with Gasteiger partial charge in [0, 0.05) is 5.56 Å². The number of anilines is 1. The molecule has 0 spiro atoms.